The first-order chi connectivity index (χ1) is 9.36. The maximum Gasteiger partial charge on any atom is 0.113 e. The molecule has 2 aromatic heterocycles. The highest BCUT2D eigenvalue weighted by molar-refractivity contribution is 5.81. The topological polar surface area (TPSA) is 25.8 Å². The second kappa shape index (κ2) is 4.91. The van der Waals surface area contributed by atoms with Crippen LogP contribution in [-0.2, 0) is 6.42 Å². The number of rotatable bonds is 2. The Morgan fingerprint density at radius 2 is 1.89 bits per heavy atom. The normalized spacial score (nSPS) is 10.3. The van der Waals surface area contributed by atoms with E-state index in [0.717, 1.165) is 23.0 Å². The first-order valence-electron chi connectivity index (χ1n) is 6.12. The highest BCUT2D eigenvalue weighted by Crippen LogP contribution is 2.18. The van der Waals surface area contributed by atoms with Gasteiger partial charge in [-0.2, -0.15) is 0 Å². The number of pyridine rings is 2. The summed E-state index contributed by atoms with van der Waals surface area (Å²) in [5.41, 5.74) is 3.71. The van der Waals surface area contributed by atoms with Gasteiger partial charge in [-0.15, -0.1) is 6.42 Å². The largest absolute Gasteiger partial charge is 0.254 e. The zero-order chi connectivity index (χ0) is 13.1. The molecular weight excluding hydrogens is 232 g/mol. The highest BCUT2D eigenvalue weighted by atomic mass is 14.8. The Kier molecular flexibility index (Phi) is 2.96. The third kappa shape index (κ3) is 2.31. The van der Waals surface area contributed by atoms with Crippen molar-refractivity contribution in [2.75, 3.05) is 0 Å². The van der Waals surface area contributed by atoms with E-state index < -0.39 is 0 Å². The highest BCUT2D eigenvalue weighted by Gasteiger charge is 2.07. The number of terminal acetylenes is 1. The molecule has 19 heavy (non-hydrogen) atoms. The molecule has 0 aliphatic carbocycles. The van der Waals surface area contributed by atoms with Crippen LogP contribution in [-0.4, -0.2) is 9.97 Å². The molecule has 0 amide bonds. The minimum Gasteiger partial charge on any atom is -0.254 e. The average molecular weight is 244 g/mol. The van der Waals surface area contributed by atoms with Crippen molar-refractivity contribution in [3.8, 4) is 12.3 Å². The Morgan fingerprint density at radius 3 is 2.68 bits per heavy atom. The molecule has 0 radical (unpaired) electrons. The lowest BCUT2D eigenvalue weighted by Gasteiger charge is -2.06. The van der Waals surface area contributed by atoms with Crippen LogP contribution in [0, 0.1) is 12.3 Å². The molecule has 3 rings (SSSR count). The van der Waals surface area contributed by atoms with Crippen molar-refractivity contribution >= 4 is 10.9 Å². The molecule has 0 saturated carbocycles. The van der Waals surface area contributed by atoms with Crippen LogP contribution < -0.4 is 0 Å². The first-order valence-corrected chi connectivity index (χ1v) is 6.12. The number of nitrogens with zero attached hydrogens (tertiary/aromatic N) is 2. The van der Waals surface area contributed by atoms with Gasteiger partial charge >= 0.3 is 0 Å². The molecule has 1 aromatic carbocycles. The Morgan fingerprint density at radius 1 is 1.05 bits per heavy atom. The summed E-state index contributed by atoms with van der Waals surface area (Å²) < 4.78 is 0. The minimum atomic E-state index is 0.659. The van der Waals surface area contributed by atoms with E-state index in [1.807, 2.05) is 36.4 Å². The second-order valence-electron chi connectivity index (χ2n) is 4.34. The lowest BCUT2D eigenvalue weighted by molar-refractivity contribution is 1.07. The van der Waals surface area contributed by atoms with Gasteiger partial charge in [-0.3, -0.25) is 4.98 Å². The molecular formula is C17H12N2. The smallest absolute Gasteiger partial charge is 0.113 e. The monoisotopic (exact) mass is 244 g/mol. The van der Waals surface area contributed by atoms with E-state index in [1.165, 1.54) is 5.56 Å². The van der Waals surface area contributed by atoms with Gasteiger partial charge in [-0.25, -0.2) is 4.98 Å². The molecule has 90 valence electrons. The van der Waals surface area contributed by atoms with Gasteiger partial charge in [-0.05, 0) is 17.7 Å². The minimum absolute atomic E-state index is 0.659. The van der Waals surface area contributed by atoms with Gasteiger partial charge in [0, 0.05) is 18.0 Å². The quantitative estimate of drug-likeness (QED) is 0.647. The van der Waals surface area contributed by atoms with Crippen LogP contribution in [0.1, 0.15) is 17.0 Å². The third-order valence-electron chi connectivity index (χ3n) is 3.02. The summed E-state index contributed by atoms with van der Waals surface area (Å²) in [5, 5.41) is 1.04. The fourth-order valence-electron chi connectivity index (χ4n) is 2.14. The summed E-state index contributed by atoms with van der Waals surface area (Å²) in [5.74, 6) is 2.61. The zero-order valence-corrected chi connectivity index (χ0v) is 10.4. The summed E-state index contributed by atoms with van der Waals surface area (Å²) in [4.78, 5) is 8.94. The molecule has 0 aliphatic rings. The molecule has 0 spiro atoms. The summed E-state index contributed by atoms with van der Waals surface area (Å²) in [7, 11) is 0. The molecule has 3 aromatic rings. The summed E-state index contributed by atoms with van der Waals surface area (Å²) in [6.07, 6.45) is 8.00. The maximum absolute atomic E-state index is 5.47. The Hall–Kier alpha value is -2.66. The van der Waals surface area contributed by atoms with Gasteiger partial charge in [0.25, 0.3) is 0 Å². The predicted molar refractivity (Wildman–Crippen MR) is 76.7 cm³/mol. The van der Waals surface area contributed by atoms with Gasteiger partial charge in [0.2, 0.25) is 0 Å². The molecule has 0 bridgehead atoms. The van der Waals surface area contributed by atoms with E-state index in [9.17, 15) is 0 Å². The molecule has 2 heterocycles. The molecule has 0 N–H and O–H groups in total. The van der Waals surface area contributed by atoms with E-state index in [0.29, 0.717) is 5.69 Å². The van der Waals surface area contributed by atoms with Crippen LogP contribution in [0.2, 0.25) is 0 Å². The van der Waals surface area contributed by atoms with Crippen LogP contribution in [0.3, 0.4) is 0 Å². The second-order valence-corrected chi connectivity index (χ2v) is 4.34. The van der Waals surface area contributed by atoms with Gasteiger partial charge in [0.15, 0.2) is 0 Å². The van der Waals surface area contributed by atoms with Crippen LogP contribution in [0.25, 0.3) is 10.9 Å². The summed E-state index contributed by atoms with van der Waals surface area (Å²) in [6, 6.07) is 16.0. The number of benzene rings is 1. The lowest BCUT2D eigenvalue weighted by atomic mass is 10.1. The lowest BCUT2D eigenvalue weighted by Crippen LogP contribution is -1.98. The predicted octanol–water partition coefficient (Wildman–Crippen LogP) is 3.20. The van der Waals surface area contributed by atoms with Crippen molar-refractivity contribution < 1.29 is 0 Å². The van der Waals surface area contributed by atoms with Crippen LogP contribution in [0.5, 0.6) is 0 Å². The van der Waals surface area contributed by atoms with E-state index in [-0.39, 0.29) is 0 Å². The van der Waals surface area contributed by atoms with E-state index >= 15 is 0 Å². The molecule has 0 unspecified atom stereocenters. The van der Waals surface area contributed by atoms with E-state index in [1.54, 1.807) is 6.20 Å². The van der Waals surface area contributed by atoms with Gasteiger partial charge in [-0.1, -0.05) is 42.3 Å². The number of aromatic nitrogens is 2. The first kappa shape index (κ1) is 11.4. The zero-order valence-electron chi connectivity index (χ0n) is 10.4. The van der Waals surface area contributed by atoms with Crippen molar-refractivity contribution in [1.82, 2.24) is 9.97 Å². The van der Waals surface area contributed by atoms with Gasteiger partial charge in [0.1, 0.15) is 5.69 Å². The van der Waals surface area contributed by atoms with Gasteiger partial charge < -0.3 is 0 Å². The van der Waals surface area contributed by atoms with E-state index in [4.69, 9.17) is 6.42 Å². The van der Waals surface area contributed by atoms with Crippen molar-refractivity contribution in [3.63, 3.8) is 0 Å². The Bertz CT molecular complexity index is 755. The van der Waals surface area contributed by atoms with Crippen molar-refractivity contribution in [3.05, 3.63) is 71.7 Å². The molecule has 0 saturated heterocycles. The van der Waals surface area contributed by atoms with E-state index in [2.05, 4.69) is 28.0 Å². The average Bonchev–Trinajstić information content (AvgIpc) is 2.48. The van der Waals surface area contributed by atoms with Crippen LogP contribution in [0.4, 0.5) is 0 Å². The van der Waals surface area contributed by atoms with Crippen molar-refractivity contribution in [1.29, 1.82) is 0 Å². The summed E-state index contributed by atoms with van der Waals surface area (Å²) >= 11 is 0. The molecule has 2 nitrogen and oxygen atoms in total. The summed E-state index contributed by atoms with van der Waals surface area (Å²) in [6.45, 7) is 0. The van der Waals surface area contributed by atoms with Gasteiger partial charge in [0.05, 0.1) is 11.2 Å². The number of hydrogen-bond acceptors (Lipinski definition) is 2. The number of fused-ring (bicyclic) bond motifs is 1. The molecule has 2 heteroatoms. The fraction of sp³-hybridized carbons (Fsp3) is 0.0588. The molecule has 0 aliphatic heterocycles. The number of hydrogen-bond donors (Lipinski definition) is 0. The SMILES string of the molecule is C#Cc1cc2cccnc2c(Cc2ccccc2)n1. The standard InChI is InChI=1S/C17H12N2/c1-2-15-12-14-9-6-10-18-17(14)16(19-15)11-13-7-4-3-5-8-13/h1,3-10,12H,11H2. The maximum atomic E-state index is 5.47. The van der Waals surface area contributed by atoms with Crippen molar-refractivity contribution in [2.45, 2.75) is 6.42 Å². The van der Waals surface area contributed by atoms with Crippen LogP contribution in [0.15, 0.2) is 54.7 Å². The third-order valence-corrected chi connectivity index (χ3v) is 3.02. The Labute approximate surface area is 112 Å². The Balaban J connectivity index is 2.14. The fourth-order valence-corrected chi connectivity index (χ4v) is 2.14. The van der Waals surface area contributed by atoms with Crippen molar-refractivity contribution in [2.24, 2.45) is 0 Å². The molecule has 0 fully saturated rings. The molecule has 0 atom stereocenters. The van der Waals surface area contributed by atoms with Crippen LogP contribution >= 0.6 is 0 Å².